The highest BCUT2D eigenvalue weighted by atomic mass is 32.2. The molecule has 7 nitrogen and oxygen atoms in total. The summed E-state index contributed by atoms with van der Waals surface area (Å²) < 4.78 is 33.2. The Balaban J connectivity index is 3.03. The van der Waals surface area contributed by atoms with Gasteiger partial charge in [0.05, 0.1) is 6.61 Å². The van der Waals surface area contributed by atoms with Crippen molar-refractivity contribution in [3.63, 3.8) is 0 Å². The molecular weight excluding hydrogens is 196 g/mol. The maximum Gasteiger partial charge on any atom is 0.370 e. The second-order valence-corrected chi connectivity index (χ2v) is 3.52. The van der Waals surface area contributed by atoms with Crippen LogP contribution in [0.25, 0.3) is 0 Å². The number of hydrogen-bond acceptors (Lipinski definition) is 5. The van der Waals surface area contributed by atoms with Crippen LogP contribution < -0.4 is 5.73 Å². The van der Waals surface area contributed by atoms with E-state index < -0.39 is 10.2 Å². The van der Waals surface area contributed by atoms with Gasteiger partial charge in [0.15, 0.2) is 0 Å². The van der Waals surface area contributed by atoms with Crippen molar-refractivity contribution in [1.29, 1.82) is 0 Å². The minimum Gasteiger partial charge on any atom is -0.464 e. The third-order valence-electron chi connectivity index (χ3n) is 1.31. The molecule has 0 unspecified atom stereocenters. The van der Waals surface area contributed by atoms with Crippen LogP contribution in [0.5, 0.6) is 0 Å². The van der Waals surface area contributed by atoms with Gasteiger partial charge in [-0.05, 0) is 6.92 Å². The Morgan fingerprint density at radius 2 is 2.15 bits per heavy atom. The quantitative estimate of drug-likeness (QED) is 0.586. The van der Waals surface area contributed by atoms with E-state index in [0.717, 1.165) is 0 Å². The summed E-state index contributed by atoms with van der Waals surface area (Å²) in [5.74, 6) is -0.154. The molecule has 0 spiro atoms. The van der Waals surface area contributed by atoms with E-state index in [9.17, 15) is 8.42 Å². The van der Waals surface area contributed by atoms with Crippen molar-refractivity contribution in [2.75, 3.05) is 13.7 Å². The summed E-state index contributed by atoms with van der Waals surface area (Å²) in [5.41, 5.74) is 5.31. The van der Waals surface area contributed by atoms with Crippen LogP contribution in [0.15, 0.2) is 8.80 Å². The zero-order valence-electron chi connectivity index (χ0n) is 7.26. The lowest BCUT2D eigenvalue weighted by molar-refractivity contribution is 0.288. The van der Waals surface area contributed by atoms with Gasteiger partial charge in [0.2, 0.25) is 5.96 Å². The smallest absolute Gasteiger partial charge is 0.370 e. The lowest BCUT2D eigenvalue weighted by Crippen LogP contribution is -2.43. The molecule has 0 amide bonds. The van der Waals surface area contributed by atoms with Gasteiger partial charge in [-0.1, -0.05) is 4.40 Å². The van der Waals surface area contributed by atoms with Crippen LogP contribution in [0.3, 0.4) is 0 Å². The first-order chi connectivity index (χ1) is 5.96. The summed E-state index contributed by atoms with van der Waals surface area (Å²) in [6.45, 7) is 2.02. The minimum absolute atomic E-state index is 0.0602. The molecule has 0 saturated carbocycles. The average molecular weight is 206 g/mol. The Labute approximate surface area is 76.1 Å². The standard InChI is InChI=1S/C5H10N4O3S/c1-3-12-5-8-13(10,11)7-4(6)9(5)2/h3H2,1-2H3,(H2,6,7). The summed E-state index contributed by atoms with van der Waals surface area (Å²) in [6.07, 6.45) is 0. The van der Waals surface area contributed by atoms with Gasteiger partial charge in [-0.15, -0.1) is 4.40 Å². The van der Waals surface area contributed by atoms with Crippen LogP contribution >= 0.6 is 0 Å². The van der Waals surface area contributed by atoms with Gasteiger partial charge < -0.3 is 10.5 Å². The number of nitrogens with zero attached hydrogens (tertiary/aromatic N) is 3. The van der Waals surface area contributed by atoms with Crippen LogP contribution in [0.1, 0.15) is 6.92 Å². The number of nitrogens with two attached hydrogens (primary N) is 1. The van der Waals surface area contributed by atoms with E-state index in [2.05, 4.69) is 8.80 Å². The largest absolute Gasteiger partial charge is 0.464 e. The molecule has 1 rings (SSSR count). The van der Waals surface area contributed by atoms with Gasteiger partial charge in [0.1, 0.15) is 0 Å². The molecular formula is C5H10N4O3S. The summed E-state index contributed by atoms with van der Waals surface area (Å²) in [7, 11) is -2.34. The van der Waals surface area contributed by atoms with Gasteiger partial charge in [-0.3, -0.25) is 4.90 Å². The van der Waals surface area contributed by atoms with Crippen molar-refractivity contribution < 1.29 is 13.2 Å². The first-order valence-electron chi connectivity index (χ1n) is 3.53. The second kappa shape index (κ2) is 3.21. The molecule has 0 saturated heterocycles. The Morgan fingerprint density at radius 1 is 1.54 bits per heavy atom. The molecule has 0 aliphatic carbocycles. The summed E-state index contributed by atoms with van der Waals surface area (Å²) in [4.78, 5) is 1.25. The Hall–Kier alpha value is -1.31. The van der Waals surface area contributed by atoms with Crippen LogP contribution in [-0.4, -0.2) is 39.0 Å². The summed E-state index contributed by atoms with van der Waals surface area (Å²) in [6, 6.07) is -0.0602. The monoisotopic (exact) mass is 206 g/mol. The van der Waals surface area contributed by atoms with Crippen LogP contribution in [-0.2, 0) is 14.9 Å². The van der Waals surface area contributed by atoms with E-state index in [1.54, 1.807) is 6.92 Å². The summed E-state index contributed by atoms with van der Waals surface area (Å²) in [5, 5.41) is 0. The molecule has 0 fully saturated rings. The third-order valence-corrected chi connectivity index (χ3v) is 2.11. The van der Waals surface area contributed by atoms with Gasteiger partial charge in [0, 0.05) is 7.05 Å². The molecule has 1 aliphatic rings. The van der Waals surface area contributed by atoms with Gasteiger partial charge in [0.25, 0.3) is 0 Å². The molecule has 2 N–H and O–H groups in total. The van der Waals surface area contributed by atoms with E-state index in [4.69, 9.17) is 10.5 Å². The van der Waals surface area contributed by atoms with Crippen molar-refractivity contribution in [2.24, 2.45) is 14.5 Å². The number of ether oxygens (including phenoxy) is 1. The van der Waals surface area contributed by atoms with Gasteiger partial charge in [-0.25, -0.2) is 0 Å². The normalized spacial score (nSPS) is 20.6. The Morgan fingerprint density at radius 3 is 2.69 bits per heavy atom. The fourth-order valence-electron chi connectivity index (χ4n) is 0.710. The molecule has 74 valence electrons. The molecule has 0 bridgehead atoms. The second-order valence-electron chi connectivity index (χ2n) is 2.26. The summed E-state index contributed by atoms with van der Waals surface area (Å²) >= 11 is 0. The molecule has 0 radical (unpaired) electrons. The number of amidine groups is 1. The molecule has 0 aromatic heterocycles. The van der Waals surface area contributed by atoms with E-state index in [-0.39, 0.29) is 12.0 Å². The van der Waals surface area contributed by atoms with E-state index in [1.807, 2.05) is 0 Å². The predicted molar refractivity (Wildman–Crippen MR) is 47.4 cm³/mol. The fraction of sp³-hybridized carbons (Fsp3) is 0.600. The van der Waals surface area contributed by atoms with Crippen LogP contribution in [0.4, 0.5) is 0 Å². The number of rotatable bonds is 1. The van der Waals surface area contributed by atoms with Crippen LogP contribution in [0.2, 0.25) is 0 Å². The zero-order chi connectivity index (χ0) is 10.1. The van der Waals surface area contributed by atoms with Crippen molar-refractivity contribution in [2.45, 2.75) is 6.92 Å². The lowest BCUT2D eigenvalue weighted by Gasteiger charge is -2.21. The Kier molecular flexibility index (Phi) is 2.41. The van der Waals surface area contributed by atoms with Gasteiger partial charge in [-0.2, -0.15) is 8.42 Å². The maximum absolute atomic E-state index is 10.9. The zero-order valence-corrected chi connectivity index (χ0v) is 8.08. The van der Waals surface area contributed by atoms with Crippen molar-refractivity contribution in [3.8, 4) is 0 Å². The molecule has 8 heteroatoms. The third kappa shape index (κ3) is 2.08. The topological polar surface area (TPSA) is 97.3 Å². The van der Waals surface area contributed by atoms with E-state index in [0.29, 0.717) is 6.61 Å². The highest BCUT2D eigenvalue weighted by Gasteiger charge is 2.23. The fourth-order valence-corrected chi connectivity index (χ4v) is 1.48. The highest BCUT2D eigenvalue weighted by molar-refractivity contribution is 7.89. The highest BCUT2D eigenvalue weighted by Crippen LogP contribution is 2.06. The number of guanidine groups is 1. The van der Waals surface area contributed by atoms with E-state index >= 15 is 0 Å². The number of hydrogen-bond donors (Lipinski definition) is 1. The van der Waals surface area contributed by atoms with Crippen molar-refractivity contribution in [1.82, 2.24) is 4.90 Å². The Bertz CT molecular complexity index is 358. The molecule has 0 aromatic rings. The molecule has 13 heavy (non-hydrogen) atoms. The first kappa shape index (κ1) is 9.78. The lowest BCUT2D eigenvalue weighted by atomic mass is 10.7. The first-order valence-corrected chi connectivity index (χ1v) is 4.93. The van der Waals surface area contributed by atoms with Crippen molar-refractivity contribution in [3.05, 3.63) is 0 Å². The van der Waals surface area contributed by atoms with Crippen LogP contribution in [0, 0.1) is 0 Å². The van der Waals surface area contributed by atoms with E-state index in [1.165, 1.54) is 11.9 Å². The molecule has 1 aliphatic heterocycles. The molecule has 0 aromatic carbocycles. The maximum atomic E-state index is 10.9. The van der Waals surface area contributed by atoms with Crippen molar-refractivity contribution >= 4 is 22.2 Å². The minimum atomic E-state index is -3.85. The predicted octanol–water partition coefficient (Wildman–Crippen LogP) is -1.12. The molecule has 0 atom stereocenters. The average Bonchev–Trinajstić information content (AvgIpc) is 1.99. The van der Waals surface area contributed by atoms with Gasteiger partial charge >= 0.3 is 16.2 Å². The SMILES string of the molecule is CCOC1=NS(=O)(=O)N=C(N)N1C. The molecule has 1 heterocycles.